The summed E-state index contributed by atoms with van der Waals surface area (Å²) in [7, 11) is -3.48. The predicted molar refractivity (Wildman–Crippen MR) is 77.2 cm³/mol. The van der Waals surface area contributed by atoms with E-state index in [0.717, 1.165) is 4.90 Å². The number of hydrogen-bond donors (Lipinski definition) is 1. The van der Waals surface area contributed by atoms with E-state index in [1.165, 1.54) is 11.8 Å². The van der Waals surface area contributed by atoms with Crippen molar-refractivity contribution in [3.8, 4) is 0 Å². The maximum atomic E-state index is 12.3. The molecule has 0 aliphatic carbocycles. The summed E-state index contributed by atoms with van der Waals surface area (Å²) in [6, 6.07) is 7.00. The van der Waals surface area contributed by atoms with Gasteiger partial charge in [-0.15, -0.1) is 0 Å². The number of nitrogens with one attached hydrogen (secondary N) is 1. The van der Waals surface area contributed by atoms with Crippen LogP contribution in [0.4, 0.5) is 0 Å². The summed E-state index contributed by atoms with van der Waals surface area (Å²) >= 11 is 1.40. The number of sulfonamides is 1. The van der Waals surface area contributed by atoms with Crippen LogP contribution in [0.25, 0.3) is 0 Å². The van der Waals surface area contributed by atoms with Gasteiger partial charge in [-0.1, -0.05) is 30.0 Å². The Balaban J connectivity index is 3.16. The molecule has 0 saturated heterocycles. The average Bonchev–Trinajstić information content (AvgIpc) is 2.23. The van der Waals surface area contributed by atoms with Crippen molar-refractivity contribution in [3.63, 3.8) is 0 Å². The van der Waals surface area contributed by atoms with Gasteiger partial charge < -0.3 is 0 Å². The highest BCUT2D eigenvalue weighted by Gasteiger charge is 2.24. The Morgan fingerprint density at radius 3 is 2.39 bits per heavy atom. The Kier molecular flexibility index (Phi) is 5.01. The zero-order valence-electron chi connectivity index (χ0n) is 11.1. The maximum absolute atomic E-state index is 12.3. The van der Waals surface area contributed by atoms with Gasteiger partial charge in [0.25, 0.3) is 0 Å². The minimum Gasteiger partial charge on any atom is -0.207 e. The van der Waals surface area contributed by atoms with Gasteiger partial charge in [-0.2, -0.15) is 0 Å². The number of hydrogen-bond acceptors (Lipinski definition) is 3. The Bertz CT molecular complexity index is 528. The standard InChI is InChI=1S/C13H19NO2S2/c1-5-10-17-11-8-6-7-9-12(11)18(15,16)14-13(2,3)4/h5-10,14H,1-4H3/b10-5-. The fourth-order valence-corrected chi connectivity index (χ4v) is 3.97. The highest BCUT2D eigenvalue weighted by Crippen LogP contribution is 2.27. The van der Waals surface area contributed by atoms with Crippen LogP contribution in [-0.2, 0) is 10.0 Å². The second kappa shape index (κ2) is 5.91. The first-order chi connectivity index (χ1) is 8.26. The zero-order valence-corrected chi connectivity index (χ0v) is 12.7. The van der Waals surface area contributed by atoms with Crippen molar-refractivity contribution in [1.29, 1.82) is 0 Å². The molecule has 0 atom stereocenters. The van der Waals surface area contributed by atoms with Crippen LogP contribution in [0.3, 0.4) is 0 Å². The van der Waals surface area contributed by atoms with E-state index in [-0.39, 0.29) is 0 Å². The Morgan fingerprint density at radius 1 is 1.22 bits per heavy atom. The van der Waals surface area contributed by atoms with Crippen molar-refractivity contribution in [3.05, 3.63) is 35.7 Å². The van der Waals surface area contributed by atoms with Crippen molar-refractivity contribution < 1.29 is 8.42 Å². The van der Waals surface area contributed by atoms with Crippen LogP contribution in [0.5, 0.6) is 0 Å². The van der Waals surface area contributed by atoms with Gasteiger partial charge in [-0.3, -0.25) is 0 Å². The van der Waals surface area contributed by atoms with Crippen molar-refractivity contribution in [1.82, 2.24) is 4.72 Å². The third-order valence-electron chi connectivity index (χ3n) is 1.91. The molecule has 0 amide bonds. The van der Waals surface area contributed by atoms with E-state index in [4.69, 9.17) is 0 Å². The van der Waals surface area contributed by atoms with Crippen LogP contribution >= 0.6 is 11.8 Å². The monoisotopic (exact) mass is 285 g/mol. The summed E-state index contributed by atoms with van der Waals surface area (Å²) in [6.07, 6.45) is 1.88. The fourth-order valence-electron chi connectivity index (χ4n) is 1.37. The lowest BCUT2D eigenvalue weighted by atomic mass is 10.1. The fraction of sp³-hybridized carbons (Fsp3) is 0.385. The first-order valence-electron chi connectivity index (χ1n) is 5.67. The second-order valence-electron chi connectivity index (χ2n) is 4.89. The van der Waals surface area contributed by atoms with Gasteiger partial charge in [0.2, 0.25) is 10.0 Å². The van der Waals surface area contributed by atoms with E-state index in [9.17, 15) is 8.42 Å². The molecule has 0 aromatic heterocycles. The third-order valence-corrected chi connectivity index (χ3v) is 4.87. The summed E-state index contributed by atoms with van der Waals surface area (Å²) in [5.41, 5.74) is -0.489. The minimum absolute atomic E-state index is 0.322. The lowest BCUT2D eigenvalue weighted by molar-refractivity contribution is 0.490. The van der Waals surface area contributed by atoms with Gasteiger partial charge in [0.05, 0.1) is 4.90 Å². The topological polar surface area (TPSA) is 46.2 Å². The zero-order chi connectivity index (χ0) is 13.8. The molecule has 0 saturated carbocycles. The van der Waals surface area contributed by atoms with Gasteiger partial charge in [0.1, 0.15) is 0 Å². The summed E-state index contributed by atoms with van der Waals surface area (Å²) < 4.78 is 27.2. The smallest absolute Gasteiger partial charge is 0.207 e. The van der Waals surface area contributed by atoms with Crippen LogP contribution in [0.1, 0.15) is 27.7 Å². The molecule has 1 rings (SSSR count). The molecule has 0 radical (unpaired) electrons. The Hall–Kier alpha value is -0.780. The summed E-state index contributed by atoms with van der Waals surface area (Å²) in [5.74, 6) is 0. The molecule has 100 valence electrons. The van der Waals surface area contributed by atoms with Gasteiger partial charge in [0.15, 0.2) is 0 Å². The molecular weight excluding hydrogens is 266 g/mol. The van der Waals surface area contributed by atoms with Gasteiger partial charge in [-0.05, 0) is 45.2 Å². The predicted octanol–water partition coefficient (Wildman–Crippen LogP) is 3.39. The lowest BCUT2D eigenvalue weighted by Crippen LogP contribution is -2.40. The summed E-state index contributed by atoms with van der Waals surface area (Å²) in [4.78, 5) is 1.05. The van der Waals surface area contributed by atoms with E-state index in [1.807, 2.05) is 51.3 Å². The van der Waals surface area contributed by atoms with Gasteiger partial charge in [0, 0.05) is 10.4 Å². The van der Waals surface area contributed by atoms with Crippen molar-refractivity contribution in [2.75, 3.05) is 0 Å². The molecule has 3 nitrogen and oxygen atoms in total. The molecule has 5 heteroatoms. The van der Waals surface area contributed by atoms with Crippen LogP contribution in [0.15, 0.2) is 45.5 Å². The first-order valence-corrected chi connectivity index (χ1v) is 8.03. The highest BCUT2D eigenvalue weighted by molar-refractivity contribution is 8.02. The van der Waals surface area contributed by atoms with Gasteiger partial charge >= 0.3 is 0 Å². The quantitative estimate of drug-likeness (QED) is 0.863. The van der Waals surface area contributed by atoms with Crippen molar-refractivity contribution in [2.24, 2.45) is 0 Å². The minimum atomic E-state index is -3.48. The molecule has 0 unspecified atom stereocenters. The lowest BCUT2D eigenvalue weighted by Gasteiger charge is -2.21. The van der Waals surface area contributed by atoms with E-state index >= 15 is 0 Å². The highest BCUT2D eigenvalue weighted by atomic mass is 32.2. The van der Waals surface area contributed by atoms with Crippen LogP contribution in [0.2, 0.25) is 0 Å². The van der Waals surface area contributed by atoms with E-state index < -0.39 is 15.6 Å². The number of rotatable bonds is 4. The normalized spacial score (nSPS) is 13.1. The molecule has 0 spiro atoms. The van der Waals surface area contributed by atoms with E-state index in [0.29, 0.717) is 4.90 Å². The number of benzene rings is 1. The van der Waals surface area contributed by atoms with Gasteiger partial charge in [-0.25, -0.2) is 13.1 Å². The van der Waals surface area contributed by atoms with E-state index in [1.54, 1.807) is 12.1 Å². The molecule has 1 N–H and O–H groups in total. The number of thioether (sulfide) groups is 1. The van der Waals surface area contributed by atoms with Crippen LogP contribution in [0, 0.1) is 0 Å². The third kappa shape index (κ3) is 4.48. The molecule has 0 aliphatic rings. The van der Waals surface area contributed by atoms with Crippen LogP contribution < -0.4 is 4.72 Å². The van der Waals surface area contributed by atoms with Crippen molar-refractivity contribution >= 4 is 21.8 Å². The summed E-state index contributed by atoms with van der Waals surface area (Å²) in [6.45, 7) is 7.38. The average molecular weight is 285 g/mol. The molecule has 0 fully saturated rings. The molecule has 18 heavy (non-hydrogen) atoms. The number of allylic oxidation sites excluding steroid dienone is 1. The largest absolute Gasteiger partial charge is 0.242 e. The molecule has 0 bridgehead atoms. The first kappa shape index (κ1) is 15.3. The maximum Gasteiger partial charge on any atom is 0.242 e. The molecule has 1 aromatic carbocycles. The Labute approximate surface area is 114 Å². The van der Waals surface area contributed by atoms with Crippen LogP contribution in [-0.4, -0.2) is 14.0 Å². The molecular formula is C13H19NO2S2. The summed E-state index contributed by atoms with van der Waals surface area (Å²) in [5, 5.41) is 1.87. The van der Waals surface area contributed by atoms with E-state index in [2.05, 4.69) is 4.72 Å². The SMILES string of the molecule is C/C=C\Sc1ccccc1S(=O)(=O)NC(C)(C)C. The van der Waals surface area contributed by atoms with Crippen molar-refractivity contribution in [2.45, 2.75) is 43.0 Å². The second-order valence-corrected chi connectivity index (χ2v) is 7.49. The molecule has 1 aromatic rings. The Morgan fingerprint density at radius 2 is 1.83 bits per heavy atom. The molecule has 0 heterocycles. The molecule has 0 aliphatic heterocycles.